The van der Waals surface area contributed by atoms with E-state index in [4.69, 9.17) is 5.84 Å². The summed E-state index contributed by atoms with van der Waals surface area (Å²) in [6, 6.07) is 8.53. The topological polar surface area (TPSA) is 60.2 Å². The van der Waals surface area contributed by atoms with E-state index in [1.165, 1.54) is 0 Å². The van der Waals surface area contributed by atoms with Crippen LogP contribution in [0, 0.1) is 0 Å². The summed E-state index contributed by atoms with van der Waals surface area (Å²) < 4.78 is 40.9. The molecule has 0 aliphatic heterocycles. The molecular weight excluding hydrogens is 271 g/mol. The molecule has 3 N–H and O–H groups in total. The van der Waals surface area contributed by atoms with Crippen LogP contribution in [-0.2, 0) is 4.74 Å². The molecule has 1 atom stereocenters. The number of nitrogens with two attached hydrogens (primary N) is 1. The minimum absolute atomic E-state index is 0.189. The van der Waals surface area contributed by atoms with Gasteiger partial charge in [-0.1, -0.05) is 24.3 Å². The zero-order chi connectivity index (χ0) is 14.6. The molecule has 20 heavy (non-hydrogen) atoms. The lowest BCUT2D eigenvalue weighted by Gasteiger charge is -2.18. The summed E-state index contributed by atoms with van der Waals surface area (Å²) in [5, 5.41) is 0.890. The molecule has 1 aromatic heterocycles. The second-order valence-corrected chi connectivity index (χ2v) is 4.27. The molecule has 1 unspecified atom stereocenters. The fourth-order valence-electron chi connectivity index (χ4n) is 1.93. The van der Waals surface area contributed by atoms with Gasteiger partial charge < -0.3 is 4.74 Å². The van der Waals surface area contributed by atoms with Gasteiger partial charge in [-0.2, -0.15) is 13.2 Å². The molecule has 0 spiro atoms. The van der Waals surface area contributed by atoms with Gasteiger partial charge in [0.2, 0.25) is 0 Å². The van der Waals surface area contributed by atoms with Gasteiger partial charge in [-0.3, -0.25) is 16.3 Å². The Morgan fingerprint density at radius 1 is 1.25 bits per heavy atom. The average Bonchev–Trinajstić information content (AvgIpc) is 2.42. The molecule has 1 heterocycles. The Kier molecular flexibility index (Phi) is 4.53. The van der Waals surface area contributed by atoms with Gasteiger partial charge in [-0.15, -0.1) is 0 Å². The third-order valence-corrected chi connectivity index (χ3v) is 2.79. The van der Waals surface area contributed by atoms with Crippen molar-refractivity contribution in [3.05, 3.63) is 42.1 Å². The van der Waals surface area contributed by atoms with E-state index in [2.05, 4.69) is 15.1 Å². The van der Waals surface area contributed by atoms with Gasteiger partial charge in [0, 0.05) is 11.6 Å². The van der Waals surface area contributed by atoms with Crippen LogP contribution in [0.1, 0.15) is 11.6 Å². The van der Waals surface area contributed by atoms with Crippen LogP contribution in [0.4, 0.5) is 13.2 Å². The maximum absolute atomic E-state index is 12.1. The predicted octanol–water partition coefficient (Wildman–Crippen LogP) is 2.32. The summed E-state index contributed by atoms with van der Waals surface area (Å²) >= 11 is 0. The van der Waals surface area contributed by atoms with Gasteiger partial charge in [-0.05, 0) is 11.6 Å². The summed E-state index contributed by atoms with van der Waals surface area (Å²) in [5.41, 5.74) is 3.85. The molecule has 7 heteroatoms. The number of para-hydroxylation sites is 1. The van der Waals surface area contributed by atoms with Gasteiger partial charge in [0.25, 0.3) is 0 Å². The summed E-state index contributed by atoms with van der Waals surface area (Å²) in [6.07, 6.45) is -2.73. The number of pyridine rings is 1. The Morgan fingerprint density at radius 2 is 2.00 bits per heavy atom. The first-order valence-electron chi connectivity index (χ1n) is 5.95. The molecule has 1 aromatic carbocycles. The smallest absolute Gasteiger partial charge is 0.370 e. The lowest BCUT2D eigenvalue weighted by Crippen LogP contribution is -2.33. The first-order chi connectivity index (χ1) is 9.51. The molecule has 2 rings (SSSR count). The fraction of sp³-hybridized carbons (Fsp3) is 0.308. The van der Waals surface area contributed by atoms with Crippen molar-refractivity contribution in [2.45, 2.75) is 12.2 Å². The van der Waals surface area contributed by atoms with Crippen molar-refractivity contribution < 1.29 is 17.9 Å². The first-order valence-corrected chi connectivity index (χ1v) is 5.95. The number of alkyl halides is 3. The van der Waals surface area contributed by atoms with Gasteiger partial charge >= 0.3 is 6.18 Å². The zero-order valence-corrected chi connectivity index (χ0v) is 10.5. The Balaban J connectivity index is 2.17. The average molecular weight is 285 g/mol. The number of halogens is 3. The molecule has 0 saturated heterocycles. The van der Waals surface area contributed by atoms with Gasteiger partial charge in [0.15, 0.2) is 0 Å². The molecular formula is C13H14F3N3O. The van der Waals surface area contributed by atoms with Crippen molar-refractivity contribution in [2.24, 2.45) is 5.84 Å². The van der Waals surface area contributed by atoms with Crippen LogP contribution in [0.2, 0.25) is 0 Å². The van der Waals surface area contributed by atoms with Crippen molar-refractivity contribution in [3.8, 4) is 0 Å². The van der Waals surface area contributed by atoms with Gasteiger partial charge in [0.1, 0.15) is 6.61 Å². The molecule has 2 aromatic rings. The van der Waals surface area contributed by atoms with Crippen molar-refractivity contribution in [3.63, 3.8) is 0 Å². The third-order valence-electron chi connectivity index (χ3n) is 2.79. The SMILES string of the molecule is NNC(COCC(F)(F)F)c1cccc2cccnc12. The van der Waals surface area contributed by atoms with Crippen LogP contribution in [0.5, 0.6) is 0 Å². The zero-order valence-electron chi connectivity index (χ0n) is 10.5. The Bertz CT molecular complexity index is 569. The lowest BCUT2D eigenvalue weighted by atomic mass is 10.0. The standard InChI is InChI=1S/C13H14F3N3O/c14-13(15,16)8-20-7-11(19-17)10-5-1-3-9-4-2-6-18-12(9)10/h1-6,11,19H,7-8,17H2. The first kappa shape index (κ1) is 14.7. The van der Waals surface area contributed by atoms with Gasteiger partial charge in [-0.25, -0.2) is 0 Å². The normalized spacial score (nSPS) is 13.6. The number of nitrogens with one attached hydrogen (secondary N) is 1. The van der Waals surface area contributed by atoms with Crippen LogP contribution in [0.15, 0.2) is 36.5 Å². The number of nitrogens with zero attached hydrogens (tertiary/aromatic N) is 1. The third kappa shape index (κ3) is 3.66. The molecule has 0 aliphatic carbocycles. The molecule has 0 fully saturated rings. The van der Waals surface area contributed by atoms with Crippen LogP contribution < -0.4 is 11.3 Å². The highest BCUT2D eigenvalue weighted by Gasteiger charge is 2.28. The fourth-order valence-corrected chi connectivity index (χ4v) is 1.93. The minimum atomic E-state index is -4.35. The summed E-state index contributed by atoms with van der Waals surface area (Å²) in [4.78, 5) is 4.23. The largest absolute Gasteiger partial charge is 0.411 e. The number of hydrogen-bond donors (Lipinski definition) is 2. The monoisotopic (exact) mass is 285 g/mol. The summed E-state index contributed by atoms with van der Waals surface area (Å²) in [6.45, 7) is -1.49. The lowest BCUT2D eigenvalue weighted by molar-refractivity contribution is -0.175. The maximum Gasteiger partial charge on any atom is 0.411 e. The minimum Gasteiger partial charge on any atom is -0.370 e. The van der Waals surface area contributed by atoms with Crippen LogP contribution >= 0.6 is 0 Å². The summed E-state index contributed by atoms with van der Waals surface area (Å²) in [5.74, 6) is 5.41. The highest BCUT2D eigenvalue weighted by molar-refractivity contribution is 5.82. The number of benzene rings is 1. The van der Waals surface area contributed by atoms with E-state index in [9.17, 15) is 13.2 Å². The van der Waals surface area contributed by atoms with Crippen LogP contribution in [0.3, 0.4) is 0 Å². The van der Waals surface area contributed by atoms with Crippen molar-refractivity contribution in [2.75, 3.05) is 13.2 Å². The number of hydrazine groups is 1. The number of ether oxygens (including phenoxy) is 1. The number of hydrogen-bond acceptors (Lipinski definition) is 4. The Morgan fingerprint density at radius 3 is 2.70 bits per heavy atom. The molecule has 0 bridgehead atoms. The molecule has 4 nitrogen and oxygen atoms in total. The Labute approximate surface area is 113 Å². The highest BCUT2D eigenvalue weighted by atomic mass is 19.4. The molecule has 0 radical (unpaired) electrons. The number of fused-ring (bicyclic) bond motifs is 1. The Hall–Kier alpha value is -1.70. The predicted molar refractivity (Wildman–Crippen MR) is 68.7 cm³/mol. The van der Waals surface area contributed by atoms with Gasteiger partial charge in [0.05, 0.1) is 18.2 Å². The van der Waals surface area contributed by atoms with E-state index >= 15 is 0 Å². The number of rotatable bonds is 5. The van der Waals surface area contributed by atoms with Crippen molar-refractivity contribution in [1.29, 1.82) is 0 Å². The number of aromatic nitrogens is 1. The van der Waals surface area contributed by atoms with Crippen molar-refractivity contribution >= 4 is 10.9 Å². The molecule has 108 valence electrons. The van der Waals surface area contributed by atoms with E-state index in [1.54, 1.807) is 24.4 Å². The van der Waals surface area contributed by atoms with E-state index in [0.717, 1.165) is 5.39 Å². The van der Waals surface area contributed by atoms with Crippen LogP contribution in [-0.4, -0.2) is 24.4 Å². The summed E-state index contributed by atoms with van der Waals surface area (Å²) in [7, 11) is 0. The van der Waals surface area contributed by atoms with E-state index in [-0.39, 0.29) is 6.61 Å². The van der Waals surface area contributed by atoms with Crippen LogP contribution in [0.25, 0.3) is 10.9 Å². The maximum atomic E-state index is 12.1. The highest BCUT2D eigenvalue weighted by Crippen LogP contribution is 2.23. The molecule has 0 aliphatic rings. The van der Waals surface area contributed by atoms with E-state index in [0.29, 0.717) is 11.1 Å². The quantitative estimate of drug-likeness (QED) is 0.654. The molecule has 0 saturated carbocycles. The second-order valence-electron chi connectivity index (χ2n) is 4.27. The van der Waals surface area contributed by atoms with E-state index < -0.39 is 18.8 Å². The van der Waals surface area contributed by atoms with E-state index in [1.807, 2.05) is 12.1 Å². The molecule has 0 amide bonds. The van der Waals surface area contributed by atoms with Crippen molar-refractivity contribution in [1.82, 2.24) is 10.4 Å². The second kappa shape index (κ2) is 6.17.